The predicted molar refractivity (Wildman–Crippen MR) is 94.1 cm³/mol. The predicted octanol–water partition coefficient (Wildman–Crippen LogP) is 5.49. The van der Waals surface area contributed by atoms with E-state index in [1.807, 2.05) is 24.5 Å². The second kappa shape index (κ2) is 5.41. The molecule has 0 radical (unpaired) electrons. The average molecular weight is 284 g/mol. The van der Waals surface area contributed by atoms with E-state index < -0.39 is 0 Å². The molecule has 0 atom stereocenters. The Hall–Kier alpha value is -3.00. The van der Waals surface area contributed by atoms with Gasteiger partial charge in [-0.25, -0.2) is 0 Å². The van der Waals surface area contributed by atoms with Gasteiger partial charge in [-0.3, -0.25) is 0 Å². The Bertz CT molecular complexity index is 957. The summed E-state index contributed by atoms with van der Waals surface area (Å²) in [7, 11) is 0. The topological polar surface area (TPSA) is 31.6 Å². The Kier molecular flexibility index (Phi) is 3.13. The van der Waals surface area contributed by atoms with Crippen molar-refractivity contribution in [1.82, 2.24) is 9.97 Å². The van der Waals surface area contributed by atoms with Crippen molar-refractivity contribution in [1.29, 1.82) is 0 Å². The number of benzene rings is 3. The van der Waals surface area contributed by atoms with E-state index in [9.17, 15) is 0 Å². The van der Waals surface area contributed by atoms with Crippen molar-refractivity contribution < 1.29 is 0 Å². The molecule has 0 aliphatic carbocycles. The molecule has 0 saturated heterocycles. The van der Waals surface area contributed by atoms with Crippen LogP contribution in [0.5, 0.6) is 0 Å². The fraction of sp³-hybridized carbons (Fsp3) is 0. The van der Waals surface area contributed by atoms with Gasteiger partial charge in [0.25, 0.3) is 0 Å². The molecule has 5 aromatic rings. The minimum Gasteiger partial charge on any atom is -0.366 e. The molecular formula is C20H16N2. The van der Waals surface area contributed by atoms with E-state index in [4.69, 9.17) is 0 Å². The van der Waals surface area contributed by atoms with Crippen LogP contribution in [0.4, 0.5) is 0 Å². The zero-order valence-corrected chi connectivity index (χ0v) is 12.1. The molecule has 3 aromatic carbocycles. The van der Waals surface area contributed by atoms with E-state index in [-0.39, 0.29) is 0 Å². The number of H-pyrrole nitrogens is 2. The third-order valence-corrected chi connectivity index (χ3v) is 3.89. The molecule has 2 nitrogen and oxygen atoms in total. The Morgan fingerprint density at radius 1 is 0.500 bits per heavy atom. The Morgan fingerprint density at radius 2 is 0.955 bits per heavy atom. The summed E-state index contributed by atoms with van der Waals surface area (Å²) in [5, 5.41) is 5.16. The molecule has 2 N–H and O–H groups in total. The molecule has 0 aliphatic rings. The highest BCUT2D eigenvalue weighted by Crippen LogP contribution is 2.24. The fourth-order valence-corrected chi connectivity index (χ4v) is 2.79. The van der Waals surface area contributed by atoms with E-state index in [0.29, 0.717) is 0 Å². The third kappa shape index (κ3) is 2.25. The first-order valence-corrected chi connectivity index (χ1v) is 7.39. The van der Waals surface area contributed by atoms with Crippen molar-refractivity contribution in [3.63, 3.8) is 0 Å². The zero-order chi connectivity index (χ0) is 14.8. The van der Waals surface area contributed by atoms with Crippen molar-refractivity contribution >= 4 is 32.6 Å². The van der Waals surface area contributed by atoms with E-state index in [0.717, 1.165) is 0 Å². The van der Waals surface area contributed by atoms with Gasteiger partial charge in [-0.05, 0) is 22.9 Å². The third-order valence-electron chi connectivity index (χ3n) is 3.89. The molecule has 2 heterocycles. The van der Waals surface area contributed by atoms with Crippen LogP contribution in [0.3, 0.4) is 0 Å². The summed E-state index contributed by atoms with van der Waals surface area (Å²) in [6.07, 6.45) is 3.99. The van der Waals surface area contributed by atoms with Gasteiger partial charge in [0, 0.05) is 34.2 Å². The summed E-state index contributed by atoms with van der Waals surface area (Å²) in [5.74, 6) is 0. The van der Waals surface area contributed by atoms with E-state index in [1.54, 1.807) is 0 Å². The van der Waals surface area contributed by atoms with Gasteiger partial charge in [0.2, 0.25) is 0 Å². The maximum Gasteiger partial charge on any atom is 0.0464 e. The SMILES string of the molecule is c1ccc2c(c1)[nH]c1ccccc12.c1ccc2c[nH]cc2c1. The van der Waals surface area contributed by atoms with Crippen molar-refractivity contribution in [2.45, 2.75) is 0 Å². The van der Waals surface area contributed by atoms with E-state index >= 15 is 0 Å². The lowest BCUT2D eigenvalue weighted by Crippen LogP contribution is -1.62. The summed E-state index contributed by atoms with van der Waals surface area (Å²) in [6, 6.07) is 25.0. The van der Waals surface area contributed by atoms with Crippen molar-refractivity contribution in [3.05, 3.63) is 85.2 Å². The van der Waals surface area contributed by atoms with Gasteiger partial charge < -0.3 is 9.97 Å². The number of nitrogens with one attached hydrogen (secondary N) is 2. The molecule has 0 saturated carbocycles. The number of aromatic amines is 2. The van der Waals surface area contributed by atoms with Crippen LogP contribution < -0.4 is 0 Å². The van der Waals surface area contributed by atoms with Crippen LogP contribution in [0.1, 0.15) is 0 Å². The molecule has 22 heavy (non-hydrogen) atoms. The smallest absolute Gasteiger partial charge is 0.0464 e. The van der Waals surface area contributed by atoms with Crippen LogP contribution in [-0.4, -0.2) is 9.97 Å². The van der Waals surface area contributed by atoms with Crippen LogP contribution in [0.2, 0.25) is 0 Å². The second-order valence-corrected chi connectivity index (χ2v) is 5.30. The van der Waals surface area contributed by atoms with E-state index in [2.05, 4.69) is 70.6 Å². The molecule has 2 aromatic heterocycles. The van der Waals surface area contributed by atoms with Gasteiger partial charge in [0.05, 0.1) is 0 Å². The lowest BCUT2D eigenvalue weighted by molar-refractivity contribution is 1.43. The summed E-state index contributed by atoms with van der Waals surface area (Å²) in [6.45, 7) is 0. The molecule has 0 fully saturated rings. The minimum atomic E-state index is 1.21. The quantitative estimate of drug-likeness (QED) is 0.377. The normalized spacial score (nSPS) is 10.7. The number of hydrogen-bond donors (Lipinski definition) is 2. The molecule has 0 amide bonds. The first-order valence-electron chi connectivity index (χ1n) is 7.39. The molecule has 5 rings (SSSR count). The van der Waals surface area contributed by atoms with Crippen LogP contribution in [0.15, 0.2) is 85.2 Å². The largest absolute Gasteiger partial charge is 0.366 e. The van der Waals surface area contributed by atoms with Crippen LogP contribution in [-0.2, 0) is 0 Å². The van der Waals surface area contributed by atoms with Crippen molar-refractivity contribution in [3.8, 4) is 0 Å². The number of rotatable bonds is 0. The first kappa shape index (κ1) is 12.7. The number of para-hydroxylation sites is 2. The minimum absolute atomic E-state index is 1.21. The Morgan fingerprint density at radius 3 is 1.50 bits per heavy atom. The fourth-order valence-electron chi connectivity index (χ4n) is 2.79. The van der Waals surface area contributed by atoms with Gasteiger partial charge in [0.15, 0.2) is 0 Å². The van der Waals surface area contributed by atoms with Gasteiger partial charge in [0.1, 0.15) is 0 Å². The highest BCUT2D eigenvalue weighted by Gasteiger charge is 2.00. The lowest BCUT2D eigenvalue weighted by atomic mass is 10.2. The maximum absolute atomic E-state index is 3.38. The average Bonchev–Trinajstić information content (AvgIpc) is 3.19. The van der Waals surface area contributed by atoms with Gasteiger partial charge in [-0.15, -0.1) is 0 Å². The Balaban J connectivity index is 0.000000122. The highest BCUT2D eigenvalue weighted by atomic mass is 14.7. The summed E-state index contributed by atoms with van der Waals surface area (Å²) < 4.78 is 0. The second-order valence-electron chi connectivity index (χ2n) is 5.30. The summed E-state index contributed by atoms with van der Waals surface area (Å²) >= 11 is 0. The zero-order valence-electron chi connectivity index (χ0n) is 12.1. The number of fused-ring (bicyclic) bond motifs is 4. The van der Waals surface area contributed by atoms with Crippen molar-refractivity contribution in [2.24, 2.45) is 0 Å². The van der Waals surface area contributed by atoms with Crippen molar-refractivity contribution in [2.75, 3.05) is 0 Å². The van der Waals surface area contributed by atoms with Crippen LogP contribution in [0, 0.1) is 0 Å². The summed E-state index contributed by atoms with van der Waals surface area (Å²) in [4.78, 5) is 6.42. The van der Waals surface area contributed by atoms with E-state index in [1.165, 1.54) is 32.6 Å². The number of aromatic nitrogens is 2. The maximum atomic E-state index is 3.38. The standard InChI is InChI=1S/C12H9N.C8H7N/c1-3-7-11-9(5-1)10-6-2-4-8-12(10)13-11;1-2-4-8-6-9-5-7(8)3-1/h1-8,13H;1-6,9H. The number of hydrogen-bond acceptors (Lipinski definition) is 0. The molecule has 2 heteroatoms. The van der Waals surface area contributed by atoms with Gasteiger partial charge >= 0.3 is 0 Å². The molecule has 106 valence electrons. The van der Waals surface area contributed by atoms with Crippen LogP contribution >= 0.6 is 0 Å². The Labute approximate surface area is 128 Å². The van der Waals surface area contributed by atoms with Gasteiger partial charge in [-0.1, -0.05) is 60.7 Å². The first-order chi connectivity index (χ1) is 10.9. The molecule has 0 spiro atoms. The molecular weight excluding hydrogens is 268 g/mol. The molecule has 0 unspecified atom stereocenters. The lowest BCUT2D eigenvalue weighted by Gasteiger charge is -1.87. The van der Waals surface area contributed by atoms with Crippen LogP contribution in [0.25, 0.3) is 32.6 Å². The summed E-state index contributed by atoms with van der Waals surface area (Å²) in [5.41, 5.74) is 2.42. The molecule has 0 aliphatic heterocycles. The monoisotopic (exact) mass is 284 g/mol. The van der Waals surface area contributed by atoms with Gasteiger partial charge in [-0.2, -0.15) is 0 Å². The molecule has 0 bridgehead atoms. The highest BCUT2D eigenvalue weighted by molar-refractivity contribution is 6.06.